The largest absolute Gasteiger partial charge is 0.416 e. The molecular formula is C27H31F3N4O3. The van der Waals surface area contributed by atoms with Gasteiger partial charge < -0.3 is 15.0 Å². The van der Waals surface area contributed by atoms with Crippen LogP contribution in [0.25, 0.3) is 5.69 Å². The summed E-state index contributed by atoms with van der Waals surface area (Å²) in [4.78, 5) is 27.4. The fourth-order valence-electron chi connectivity index (χ4n) is 3.62. The Morgan fingerprint density at radius 1 is 1.05 bits per heavy atom. The van der Waals surface area contributed by atoms with E-state index in [9.17, 15) is 22.8 Å². The third-order valence-electron chi connectivity index (χ3n) is 5.74. The Kier molecular flexibility index (Phi) is 8.42. The molecule has 1 N–H and O–H groups in total. The lowest BCUT2D eigenvalue weighted by atomic mass is 9.92. The predicted molar refractivity (Wildman–Crippen MR) is 135 cm³/mol. The number of carbonyl (C=O) groups excluding carboxylic acids is 2. The van der Waals surface area contributed by atoms with Gasteiger partial charge in [0.05, 0.1) is 23.6 Å². The van der Waals surface area contributed by atoms with Gasteiger partial charge in [-0.2, -0.15) is 18.3 Å². The van der Waals surface area contributed by atoms with Gasteiger partial charge in [0.2, 0.25) is 5.91 Å². The van der Waals surface area contributed by atoms with Gasteiger partial charge in [0.1, 0.15) is 12.4 Å². The molecule has 0 aliphatic carbocycles. The Bertz CT molecular complexity index is 1250. The quantitative estimate of drug-likeness (QED) is 0.445. The molecular weight excluding hydrogens is 485 g/mol. The molecule has 0 saturated carbocycles. The van der Waals surface area contributed by atoms with E-state index in [4.69, 9.17) is 9.84 Å². The van der Waals surface area contributed by atoms with Crippen molar-refractivity contribution in [2.75, 3.05) is 32.1 Å². The van der Waals surface area contributed by atoms with Crippen LogP contribution in [0.1, 0.15) is 48.0 Å². The highest BCUT2D eigenvalue weighted by molar-refractivity contribution is 5.99. The Balaban J connectivity index is 1.85. The van der Waals surface area contributed by atoms with Gasteiger partial charge in [-0.05, 0) is 42.8 Å². The number of aromatic nitrogens is 2. The first-order chi connectivity index (χ1) is 17.3. The standard InChI is InChI=1S/C27H31F3N4O3/c1-18-8-6-7-9-21(18)34-23(16-22(32-34)26(2,3)4)31-24(35)17-33(14-15-37-5)25(36)19-10-12-20(13-11-19)27(28,29)30/h6-13,16H,14-15,17H2,1-5H3,(H,31,35). The van der Waals surface area contributed by atoms with E-state index in [-0.39, 0.29) is 30.7 Å². The summed E-state index contributed by atoms with van der Waals surface area (Å²) in [5.41, 5.74) is 1.42. The molecule has 0 bridgehead atoms. The Hall–Kier alpha value is -3.66. The number of benzene rings is 2. The molecule has 0 aliphatic heterocycles. The minimum absolute atomic E-state index is 0.0388. The number of alkyl halides is 3. The van der Waals surface area contributed by atoms with Gasteiger partial charge >= 0.3 is 6.18 Å². The van der Waals surface area contributed by atoms with Crippen LogP contribution in [0, 0.1) is 6.92 Å². The van der Waals surface area contributed by atoms with Crippen LogP contribution in [0.5, 0.6) is 0 Å². The number of nitrogens with one attached hydrogen (secondary N) is 1. The molecule has 10 heteroatoms. The number of methoxy groups -OCH3 is 1. The summed E-state index contributed by atoms with van der Waals surface area (Å²) in [6, 6.07) is 13.3. The monoisotopic (exact) mass is 516 g/mol. The summed E-state index contributed by atoms with van der Waals surface area (Å²) in [6.45, 7) is 7.87. The number of ether oxygens (including phenoxy) is 1. The lowest BCUT2D eigenvalue weighted by Gasteiger charge is -2.22. The van der Waals surface area contributed by atoms with Gasteiger partial charge in [-0.1, -0.05) is 39.0 Å². The molecule has 1 aromatic heterocycles. The van der Waals surface area contributed by atoms with E-state index in [0.29, 0.717) is 5.82 Å². The molecule has 0 atom stereocenters. The summed E-state index contributed by atoms with van der Waals surface area (Å²) in [5.74, 6) is -0.617. The molecule has 0 saturated heterocycles. The highest BCUT2D eigenvalue weighted by Crippen LogP contribution is 2.30. The van der Waals surface area contributed by atoms with Crippen LogP contribution in [0.15, 0.2) is 54.6 Å². The van der Waals surface area contributed by atoms with E-state index in [2.05, 4.69) is 5.32 Å². The maximum atomic E-state index is 13.1. The number of halogens is 3. The van der Waals surface area contributed by atoms with Crippen molar-refractivity contribution in [3.05, 3.63) is 77.0 Å². The van der Waals surface area contributed by atoms with E-state index in [1.807, 2.05) is 52.0 Å². The number of hydrogen-bond acceptors (Lipinski definition) is 4. The van der Waals surface area contributed by atoms with Crippen LogP contribution in [-0.4, -0.2) is 53.3 Å². The molecule has 2 aromatic carbocycles. The zero-order chi connectivity index (χ0) is 27.4. The van der Waals surface area contributed by atoms with Crippen molar-refractivity contribution in [1.82, 2.24) is 14.7 Å². The van der Waals surface area contributed by atoms with Crippen LogP contribution < -0.4 is 5.32 Å². The van der Waals surface area contributed by atoms with E-state index < -0.39 is 23.6 Å². The third-order valence-corrected chi connectivity index (χ3v) is 5.74. The van der Waals surface area contributed by atoms with Crippen molar-refractivity contribution >= 4 is 17.6 Å². The van der Waals surface area contributed by atoms with Crippen LogP contribution in [-0.2, 0) is 21.1 Å². The topological polar surface area (TPSA) is 76.5 Å². The lowest BCUT2D eigenvalue weighted by Crippen LogP contribution is -2.40. The molecule has 0 fully saturated rings. The fraction of sp³-hybridized carbons (Fsp3) is 0.370. The van der Waals surface area contributed by atoms with Gasteiger partial charge in [0.15, 0.2) is 0 Å². The summed E-state index contributed by atoms with van der Waals surface area (Å²) >= 11 is 0. The zero-order valence-corrected chi connectivity index (χ0v) is 21.5. The summed E-state index contributed by atoms with van der Waals surface area (Å²) in [5, 5.41) is 7.56. The number of para-hydroxylation sites is 1. The molecule has 1 heterocycles. The molecule has 0 radical (unpaired) electrons. The molecule has 3 rings (SSSR count). The average Bonchev–Trinajstić information content (AvgIpc) is 3.25. The zero-order valence-electron chi connectivity index (χ0n) is 21.5. The second-order valence-corrected chi connectivity index (χ2v) is 9.71. The Morgan fingerprint density at radius 2 is 1.70 bits per heavy atom. The number of hydrogen-bond donors (Lipinski definition) is 1. The second kappa shape index (κ2) is 11.2. The van der Waals surface area contributed by atoms with E-state index in [0.717, 1.165) is 41.2 Å². The highest BCUT2D eigenvalue weighted by atomic mass is 19.4. The fourth-order valence-corrected chi connectivity index (χ4v) is 3.62. The molecule has 3 aromatic rings. The smallest absolute Gasteiger partial charge is 0.383 e. The molecule has 7 nitrogen and oxygen atoms in total. The van der Waals surface area contributed by atoms with Crippen molar-refractivity contribution in [3.8, 4) is 5.69 Å². The predicted octanol–water partition coefficient (Wildman–Crippen LogP) is 5.22. The summed E-state index contributed by atoms with van der Waals surface area (Å²) < 4.78 is 45.4. The van der Waals surface area contributed by atoms with Gasteiger partial charge in [0.25, 0.3) is 5.91 Å². The first-order valence-electron chi connectivity index (χ1n) is 11.7. The molecule has 0 aliphatic rings. The normalized spacial score (nSPS) is 11.9. The van der Waals surface area contributed by atoms with Crippen LogP contribution in [0.4, 0.5) is 19.0 Å². The third kappa shape index (κ3) is 6.97. The lowest BCUT2D eigenvalue weighted by molar-refractivity contribution is -0.137. The van der Waals surface area contributed by atoms with Crippen molar-refractivity contribution in [1.29, 1.82) is 0 Å². The number of carbonyl (C=O) groups is 2. The molecule has 198 valence electrons. The molecule has 2 amide bonds. The summed E-state index contributed by atoms with van der Waals surface area (Å²) in [6.07, 6.45) is -4.51. The minimum Gasteiger partial charge on any atom is -0.383 e. The van der Waals surface area contributed by atoms with E-state index in [1.54, 1.807) is 10.7 Å². The number of rotatable bonds is 8. The van der Waals surface area contributed by atoms with E-state index in [1.165, 1.54) is 12.0 Å². The summed E-state index contributed by atoms with van der Waals surface area (Å²) in [7, 11) is 1.45. The Labute approximate surface area is 214 Å². The van der Waals surface area contributed by atoms with Crippen molar-refractivity contribution in [3.63, 3.8) is 0 Å². The van der Waals surface area contributed by atoms with Crippen molar-refractivity contribution in [2.45, 2.75) is 39.3 Å². The first-order valence-corrected chi connectivity index (χ1v) is 11.7. The van der Waals surface area contributed by atoms with Gasteiger partial charge in [-0.25, -0.2) is 4.68 Å². The average molecular weight is 517 g/mol. The van der Waals surface area contributed by atoms with Crippen LogP contribution >= 0.6 is 0 Å². The van der Waals surface area contributed by atoms with Gasteiger partial charge in [-0.15, -0.1) is 0 Å². The van der Waals surface area contributed by atoms with Gasteiger partial charge in [0, 0.05) is 30.7 Å². The van der Waals surface area contributed by atoms with E-state index >= 15 is 0 Å². The van der Waals surface area contributed by atoms with Crippen molar-refractivity contribution < 1.29 is 27.5 Å². The first kappa shape index (κ1) is 27.9. The van der Waals surface area contributed by atoms with Crippen molar-refractivity contribution in [2.24, 2.45) is 0 Å². The number of amides is 2. The number of aryl methyl sites for hydroxylation is 1. The maximum Gasteiger partial charge on any atom is 0.416 e. The van der Waals surface area contributed by atoms with Crippen LogP contribution in [0.3, 0.4) is 0 Å². The molecule has 0 spiro atoms. The molecule has 0 unspecified atom stereocenters. The SMILES string of the molecule is COCCN(CC(=O)Nc1cc(C(C)(C)C)nn1-c1ccccc1C)C(=O)c1ccc(C(F)(F)F)cc1. The minimum atomic E-state index is -4.51. The van der Waals surface area contributed by atoms with Crippen LogP contribution in [0.2, 0.25) is 0 Å². The number of nitrogens with zero attached hydrogens (tertiary/aromatic N) is 3. The maximum absolute atomic E-state index is 13.1. The Morgan fingerprint density at radius 3 is 2.27 bits per heavy atom. The number of anilines is 1. The van der Waals surface area contributed by atoms with Gasteiger partial charge in [-0.3, -0.25) is 9.59 Å². The molecule has 37 heavy (non-hydrogen) atoms. The second-order valence-electron chi connectivity index (χ2n) is 9.71. The highest BCUT2D eigenvalue weighted by Gasteiger charge is 2.31.